The maximum absolute atomic E-state index is 12.9. The summed E-state index contributed by atoms with van der Waals surface area (Å²) < 4.78 is 16.8. The monoisotopic (exact) mass is 1010 g/mol. The molecule has 0 N–H and O–H groups in total. The van der Waals surface area contributed by atoms with Gasteiger partial charge < -0.3 is 14.2 Å². The van der Waals surface area contributed by atoms with Crippen LogP contribution in [0, 0.1) is 0 Å². The minimum absolute atomic E-state index is 0.109. The Hall–Kier alpha value is -4.45. The third kappa shape index (κ3) is 58.3. The summed E-state index contributed by atoms with van der Waals surface area (Å²) in [5.41, 5.74) is 0. The van der Waals surface area contributed by atoms with Crippen LogP contribution in [0.4, 0.5) is 0 Å². The van der Waals surface area contributed by atoms with E-state index in [1.807, 2.05) is 0 Å². The zero-order valence-corrected chi connectivity index (χ0v) is 47.1. The van der Waals surface area contributed by atoms with Crippen LogP contribution in [0.2, 0.25) is 0 Å². The molecule has 412 valence electrons. The Morgan fingerprint density at radius 3 is 0.863 bits per heavy atom. The number of ether oxygens (including phenoxy) is 3. The van der Waals surface area contributed by atoms with Crippen LogP contribution < -0.4 is 0 Å². The molecular formula is C67H108O6. The van der Waals surface area contributed by atoms with Crippen molar-refractivity contribution >= 4 is 17.9 Å². The highest BCUT2D eigenvalue weighted by atomic mass is 16.6. The fourth-order valence-corrected chi connectivity index (χ4v) is 7.72. The molecule has 6 heteroatoms. The van der Waals surface area contributed by atoms with Crippen LogP contribution in [0.1, 0.15) is 252 Å². The Balaban J connectivity index is 4.54. The van der Waals surface area contributed by atoms with Crippen molar-refractivity contribution < 1.29 is 28.6 Å². The molecule has 0 saturated carbocycles. The molecule has 1 unspecified atom stereocenters. The van der Waals surface area contributed by atoms with E-state index in [2.05, 4.69) is 154 Å². The van der Waals surface area contributed by atoms with Gasteiger partial charge in [0, 0.05) is 19.3 Å². The van der Waals surface area contributed by atoms with E-state index in [9.17, 15) is 14.4 Å². The first-order chi connectivity index (χ1) is 36.0. The van der Waals surface area contributed by atoms with Gasteiger partial charge in [-0.1, -0.05) is 231 Å². The third-order valence-electron chi connectivity index (χ3n) is 12.1. The molecule has 0 aromatic rings. The summed E-state index contributed by atoms with van der Waals surface area (Å²) in [5, 5.41) is 0. The highest BCUT2D eigenvalue weighted by Gasteiger charge is 2.19. The predicted octanol–water partition coefficient (Wildman–Crippen LogP) is 20.2. The van der Waals surface area contributed by atoms with Crippen molar-refractivity contribution in [1.29, 1.82) is 0 Å². The molecule has 6 nitrogen and oxygen atoms in total. The Morgan fingerprint density at radius 2 is 0.534 bits per heavy atom. The summed E-state index contributed by atoms with van der Waals surface area (Å²) in [4.78, 5) is 38.2. The molecule has 0 aliphatic rings. The van der Waals surface area contributed by atoms with Gasteiger partial charge in [0.05, 0.1) is 0 Å². The van der Waals surface area contributed by atoms with Crippen LogP contribution >= 0.6 is 0 Å². The molecule has 0 radical (unpaired) electrons. The number of allylic oxidation sites excluding steroid dienone is 22. The summed E-state index contributed by atoms with van der Waals surface area (Å²) in [6.45, 7) is 6.35. The number of hydrogen-bond acceptors (Lipinski definition) is 6. The zero-order chi connectivity index (χ0) is 52.9. The van der Waals surface area contributed by atoms with E-state index < -0.39 is 6.10 Å². The molecule has 0 aliphatic carbocycles. The minimum atomic E-state index is -0.817. The Bertz CT molecular complexity index is 1580. The molecule has 0 amide bonds. The lowest BCUT2D eigenvalue weighted by molar-refractivity contribution is -0.167. The van der Waals surface area contributed by atoms with Crippen LogP contribution in [0.3, 0.4) is 0 Å². The van der Waals surface area contributed by atoms with Crippen molar-refractivity contribution in [3.05, 3.63) is 134 Å². The van der Waals surface area contributed by atoms with Crippen molar-refractivity contribution in [2.24, 2.45) is 0 Å². The highest BCUT2D eigenvalue weighted by molar-refractivity contribution is 5.71. The van der Waals surface area contributed by atoms with Crippen LogP contribution in [0.15, 0.2) is 134 Å². The Kier molecular flexibility index (Phi) is 56.4. The molecule has 73 heavy (non-hydrogen) atoms. The minimum Gasteiger partial charge on any atom is -0.462 e. The summed E-state index contributed by atoms with van der Waals surface area (Å²) in [5.74, 6) is -0.980. The third-order valence-corrected chi connectivity index (χ3v) is 12.1. The van der Waals surface area contributed by atoms with Gasteiger partial charge in [-0.15, -0.1) is 0 Å². The van der Waals surface area contributed by atoms with Crippen LogP contribution in [0.25, 0.3) is 0 Å². The lowest BCUT2D eigenvalue weighted by Gasteiger charge is -2.18. The first-order valence-corrected chi connectivity index (χ1v) is 29.7. The topological polar surface area (TPSA) is 78.9 Å². The predicted molar refractivity (Wildman–Crippen MR) is 316 cm³/mol. The molecule has 0 aromatic heterocycles. The number of esters is 3. The van der Waals surface area contributed by atoms with Crippen molar-refractivity contribution in [2.75, 3.05) is 13.2 Å². The maximum Gasteiger partial charge on any atom is 0.306 e. The second-order valence-corrected chi connectivity index (χ2v) is 19.1. The summed E-state index contributed by atoms with van der Waals surface area (Å²) in [7, 11) is 0. The standard InChI is InChI=1S/C67H108O6/c1-4-7-10-13-16-19-22-25-28-31-33-36-39-42-45-48-51-54-57-60-66(69)72-63-64(62-71-65(68)59-56-53-50-47-44-41-38-35-30-27-24-21-18-15-12-9-6-3)73-67(70)61-58-55-52-49-46-43-40-37-34-32-29-26-23-20-17-14-11-8-5-2/h7-8,10-11,16-17,19-20,25-30,33-34,36-37,42-43,45-46,64H,4-6,9,12-15,18,21-24,31-32,35,38-41,44,47-63H2,1-3H3/b10-7-,11-8-,19-16-,20-17-,28-25-,29-26-,30-27-,36-33-,37-34-,45-42-,46-43-. The van der Waals surface area contributed by atoms with E-state index in [1.165, 1.54) is 77.0 Å². The molecule has 0 fully saturated rings. The maximum atomic E-state index is 12.9. The van der Waals surface area contributed by atoms with E-state index in [4.69, 9.17) is 14.2 Å². The molecule has 0 saturated heterocycles. The Labute approximate surface area is 449 Å². The number of carbonyl (C=O) groups is 3. The van der Waals surface area contributed by atoms with E-state index in [1.54, 1.807) is 0 Å². The molecular weight excluding hydrogens is 901 g/mol. The highest BCUT2D eigenvalue weighted by Crippen LogP contribution is 2.14. The summed E-state index contributed by atoms with van der Waals surface area (Å²) in [6.07, 6.45) is 84.4. The number of unbranched alkanes of at least 4 members (excludes halogenated alkanes) is 19. The fraction of sp³-hybridized carbons (Fsp3) is 0.627. The molecule has 0 bridgehead atoms. The molecule has 0 rings (SSSR count). The van der Waals surface area contributed by atoms with Gasteiger partial charge in [-0.05, 0) is 135 Å². The van der Waals surface area contributed by atoms with Gasteiger partial charge in [-0.2, -0.15) is 0 Å². The largest absolute Gasteiger partial charge is 0.462 e. The SMILES string of the molecule is CC/C=C\C/C=C\C/C=C\C/C=C\C/C=C\CCCCCC(=O)OCC(COC(=O)CCCCCCCCC/C=C\CCCCCCCC)OC(=O)CCCCC/C=C\C/C=C\C/C=C\C/C=C\C/C=C\CC. The van der Waals surface area contributed by atoms with E-state index in [0.29, 0.717) is 19.3 Å². The first kappa shape index (κ1) is 68.6. The van der Waals surface area contributed by atoms with Gasteiger partial charge in [0.15, 0.2) is 6.10 Å². The lowest BCUT2D eigenvalue weighted by Crippen LogP contribution is -2.30. The summed E-state index contributed by atoms with van der Waals surface area (Å²) >= 11 is 0. The van der Waals surface area contributed by atoms with Crippen LogP contribution in [0.5, 0.6) is 0 Å². The summed E-state index contributed by atoms with van der Waals surface area (Å²) in [6, 6.07) is 0. The van der Waals surface area contributed by atoms with Crippen LogP contribution in [-0.2, 0) is 28.6 Å². The lowest BCUT2D eigenvalue weighted by atomic mass is 10.1. The average molecular weight is 1010 g/mol. The van der Waals surface area contributed by atoms with Gasteiger partial charge in [-0.3, -0.25) is 14.4 Å². The second kappa shape index (κ2) is 60.1. The Morgan fingerprint density at radius 1 is 0.288 bits per heavy atom. The van der Waals surface area contributed by atoms with E-state index in [0.717, 1.165) is 128 Å². The number of carbonyl (C=O) groups excluding carboxylic acids is 3. The second-order valence-electron chi connectivity index (χ2n) is 19.1. The van der Waals surface area contributed by atoms with Gasteiger partial charge >= 0.3 is 17.9 Å². The normalized spacial score (nSPS) is 13.1. The van der Waals surface area contributed by atoms with E-state index in [-0.39, 0.29) is 37.5 Å². The zero-order valence-electron chi connectivity index (χ0n) is 47.1. The van der Waals surface area contributed by atoms with E-state index >= 15 is 0 Å². The molecule has 0 heterocycles. The van der Waals surface area contributed by atoms with Gasteiger partial charge in [0.2, 0.25) is 0 Å². The van der Waals surface area contributed by atoms with Crippen molar-refractivity contribution in [1.82, 2.24) is 0 Å². The molecule has 0 aromatic carbocycles. The molecule has 0 aliphatic heterocycles. The number of hydrogen-bond donors (Lipinski definition) is 0. The van der Waals surface area contributed by atoms with Crippen molar-refractivity contribution in [3.63, 3.8) is 0 Å². The first-order valence-electron chi connectivity index (χ1n) is 29.7. The quantitative estimate of drug-likeness (QED) is 0.0261. The smallest absolute Gasteiger partial charge is 0.306 e. The van der Waals surface area contributed by atoms with Crippen LogP contribution in [-0.4, -0.2) is 37.2 Å². The van der Waals surface area contributed by atoms with Gasteiger partial charge in [0.1, 0.15) is 13.2 Å². The molecule has 0 spiro atoms. The van der Waals surface area contributed by atoms with Gasteiger partial charge in [0.25, 0.3) is 0 Å². The average Bonchev–Trinajstić information content (AvgIpc) is 3.39. The fourth-order valence-electron chi connectivity index (χ4n) is 7.72. The molecule has 1 atom stereocenters. The van der Waals surface area contributed by atoms with Crippen molar-refractivity contribution in [2.45, 2.75) is 258 Å². The number of rotatable bonds is 52. The van der Waals surface area contributed by atoms with Crippen molar-refractivity contribution in [3.8, 4) is 0 Å². The van der Waals surface area contributed by atoms with Gasteiger partial charge in [-0.25, -0.2) is 0 Å².